The van der Waals surface area contributed by atoms with Gasteiger partial charge in [0, 0.05) is 79.7 Å². The minimum absolute atomic E-state index is 0.0235. The van der Waals surface area contributed by atoms with Crippen LogP contribution in [0.2, 0.25) is 0 Å². The smallest absolute Gasteiger partial charge is 0.269 e. The Kier molecular flexibility index (Phi) is 7.57. The summed E-state index contributed by atoms with van der Waals surface area (Å²) in [5.41, 5.74) is 3.87. The first kappa shape index (κ1) is 25.4. The van der Waals surface area contributed by atoms with Crippen LogP contribution >= 0.6 is 15.9 Å². The van der Waals surface area contributed by atoms with Crippen molar-refractivity contribution in [1.29, 1.82) is 0 Å². The number of nitro groups is 1. The quantitative estimate of drug-likeness (QED) is 0.310. The zero-order valence-electron chi connectivity index (χ0n) is 21.0. The van der Waals surface area contributed by atoms with Crippen LogP contribution in [-0.2, 0) is 19.9 Å². The number of piperazine rings is 1. The highest BCUT2D eigenvalue weighted by atomic mass is 79.9. The monoisotopic (exact) mass is 566 g/mol. The van der Waals surface area contributed by atoms with Crippen LogP contribution in [0.15, 0.2) is 53.0 Å². The van der Waals surface area contributed by atoms with E-state index in [0.29, 0.717) is 12.1 Å². The summed E-state index contributed by atoms with van der Waals surface area (Å²) in [4.78, 5) is 31.1. The van der Waals surface area contributed by atoms with Gasteiger partial charge in [0.25, 0.3) is 11.6 Å². The second-order valence-corrected chi connectivity index (χ2v) is 10.6. The van der Waals surface area contributed by atoms with Crippen molar-refractivity contribution in [3.8, 4) is 0 Å². The van der Waals surface area contributed by atoms with Crippen molar-refractivity contribution in [1.82, 2.24) is 14.7 Å². The number of rotatable bonds is 7. The van der Waals surface area contributed by atoms with Gasteiger partial charge in [-0.15, -0.1) is 0 Å². The largest absolute Gasteiger partial charge is 0.369 e. The summed E-state index contributed by atoms with van der Waals surface area (Å²) in [6, 6.07) is 14.3. The van der Waals surface area contributed by atoms with Gasteiger partial charge >= 0.3 is 0 Å². The van der Waals surface area contributed by atoms with E-state index in [0.717, 1.165) is 80.0 Å². The fraction of sp³-hybridized carbons (Fsp3) is 0.407. The highest BCUT2D eigenvalue weighted by Crippen LogP contribution is 2.31. The number of hydrogen-bond acceptors (Lipinski definition) is 6. The van der Waals surface area contributed by atoms with Crippen molar-refractivity contribution >= 4 is 39.0 Å². The first-order chi connectivity index (χ1) is 17.9. The number of benzene rings is 2. The number of carbonyl (C=O) groups excluding carboxylic acids is 1. The molecule has 194 valence electrons. The molecule has 3 aromatic rings. The van der Waals surface area contributed by atoms with Gasteiger partial charge in [-0.2, -0.15) is 5.10 Å². The summed E-state index contributed by atoms with van der Waals surface area (Å²) in [5.74, 6) is 0.700. The summed E-state index contributed by atoms with van der Waals surface area (Å²) < 4.78 is 2.91. The molecule has 1 aliphatic carbocycles. The number of halogens is 1. The van der Waals surface area contributed by atoms with Crippen molar-refractivity contribution in [2.45, 2.75) is 25.7 Å². The molecule has 1 aromatic heterocycles. The van der Waals surface area contributed by atoms with Crippen molar-refractivity contribution in [2.75, 3.05) is 49.1 Å². The summed E-state index contributed by atoms with van der Waals surface area (Å²) in [6.07, 6.45) is 4.04. The van der Waals surface area contributed by atoms with E-state index in [9.17, 15) is 14.9 Å². The van der Waals surface area contributed by atoms with Crippen molar-refractivity contribution in [3.63, 3.8) is 0 Å². The second-order valence-electron chi connectivity index (χ2n) is 9.65. The molecule has 1 saturated heterocycles. The molecular formula is C27H31BrN6O3. The number of carbonyl (C=O) groups is 1. The van der Waals surface area contributed by atoms with Gasteiger partial charge in [0.05, 0.1) is 10.6 Å². The summed E-state index contributed by atoms with van der Waals surface area (Å²) in [5, 5.41) is 15.8. The topological polar surface area (TPSA) is 87.8 Å². The lowest BCUT2D eigenvalue weighted by molar-refractivity contribution is -0.384. The van der Waals surface area contributed by atoms with Crippen LogP contribution in [0.3, 0.4) is 0 Å². The molecule has 0 saturated carbocycles. The van der Waals surface area contributed by atoms with Gasteiger partial charge in [-0.05, 0) is 62.1 Å². The molecule has 1 amide bonds. The van der Waals surface area contributed by atoms with E-state index in [1.807, 2.05) is 16.6 Å². The Morgan fingerprint density at radius 3 is 2.38 bits per heavy atom. The molecule has 9 nitrogen and oxygen atoms in total. The van der Waals surface area contributed by atoms with E-state index in [1.54, 1.807) is 12.1 Å². The van der Waals surface area contributed by atoms with E-state index in [4.69, 9.17) is 5.10 Å². The number of nitro benzene ring substituents is 1. The molecule has 0 unspecified atom stereocenters. The lowest BCUT2D eigenvalue weighted by Crippen LogP contribution is -2.49. The Labute approximate surface area is 224 Å². The highest BCUT2D eigenvalue weighted by Gasteiger charge is 2.29. The van der Waals surface area contributed by atoms with Crippen LogP contribution in [0, 0.1) is 10.1 Å². The number of aromatic nitrogens is 2. The summed E-state index contributed by atoms with van der Waals surface area (Å²) >= 11 is 3.50. The van der Waals surface area contributed by atoms with Crippen LogP contribution in [0.5, 0.6) is 0 Å². The molecule has 10 heteroatoms. The minimum Gasteiger partial charge on any atom is -0.369 e. The number of nitrogens with zero attached hydrogens (tertiary/aromatic N) is 6. The molecule has 1 fully saturated rings. The Bertz CT molecular complexity index is 1270. The molecule has 2 aromatic carbocycles. The van der Waals surface area contributed by atoms with Crippen LogP contribution in [0.4, 0.5) is 17.2 Å². The van der Waals surface area contributed by atoms with Crippen LogP contribution < -0.4 is 9.80 Å². The van der Waals surface area contributed by atoms with Crippen molar-refractivity contribution in [3.05, 3.63) is 79.9 Å². The predicted molar refractivity (Wildman–Crippen MR) is 147 cm³/mol. The van der Waals surface area contributed by atoms with Gasteiger partial charge in [0.15, 0.2) is 0 Å². The third-order valence-electron chi connectivity index (χ3n) is 7.32. The average molecular weight is 567 g/mol. The SMILES string of the molecule is Cn1nc2c(c1N(CCN1CCN(c3ccc(Br)cc3)CC1)C(=O)c1ccc([N+](=O)[O-])cc1)CCCC2. The Morgan fingerprint density at radius 1 is 1.03 bits per heavy atom. The first-order valence-electron chi connectivity index (χ1n) is 12.7. The number of fused-ring (bicyclic) bond motifs is 1. The molecule has 0 radical (unpaired) electrons. The number of anilines is 2. The molecule has 5 rings (SSSR count). The molecule has 0 bridgehead atoms. The lowest BCUT2D eigenvalue weighted by atomic mass is 9.97. The van der Waals surface area contributed by atoms with Gasteiger partial charge < -0.3 is 4.90 Å². The summed E-state index contributed by atoms with van der Waals surface area (Å²) in [6.45, 7) is 4.96. The molecule has 0 atom stereocenters. The third kappa shape index (κ3) is 5.55. The predicted octanol–water partition coefficient (Wildman–Crippen LogP) is 4.44. The van der Waals surface area contributed by atoms with E-state index in [1.165, 1.54) is 17.8 Å². The van der Waals surface area contributed by atoms with Crippen LogP contribution in [0.1, 0.15) is 34.5 Å². The molecule has 0 spiro atoms. The summed E-state index contributed by atoms with van der Waals surface area (Å²) in [7, 11) is 1.90. The maximum absolute atomic E-state index is 13.8. The van der Waals surface area contributed by atoms with Gasteiger partial charge in [0.2, 0.25) is 0 Å². The maximum Gasteiger partial charge on any atom is 0.269 e. The normalized spacial score (nSPS) is 15.9. The van der Waals surface area contributed by atoms with E-state index < -0.39 is 4.92 Å². The molecule has 2 aliphatic rings. The van der Waals surface area contributed by atoms with Gasteiger partial charge in [-0.1, -0.05) is 15.9 Å². The zero-order valence-corrected chi connectivity index (χ0v) is 22.6. The van der Waals surface area contributed by atoms with Gasteiger partial charge in [-0.3, -0.25) is 29.4 Å². The second kappa shape index (κ2) is 11.0. The highest BCUT2D eigenvalue weighted by molar-refractivity contribution is 9.10. The minimum atomic E-state index is -0.447. The zero-order chi connectivity index (χ0) is 25.9. The number of hydrogen-bond donors (Lipinski definition) is 0. The van der Waals surface area contributed by atoms with Crippen LogP contribution in [0.25, 0.3) is 0 Å². The van der Waals surface area contributed by atoms with Crippen molar-refractivity contribution < 1.29 is 9.72 Å². The van der Waals surface area contributed by atoms with E-state index >= 15 is 0 Å². The van der Waals surface area contributed by atoms with Gasteiger partial charge in [-0.25, -0.2) is 0 Å². The Morgan fingerprint density at radius 2 is 1.70 bits per heavy atom. The lowest BCUT2D eigenvalue weighted by Gasteiger charge is -2.37. The molecule has 0 N–H and O–H groups in total. The van der Waals surface area contributed by atoms with Crippen molar-refractivity contribution in [2.24, 2.45) is 7.05 Å². The van der Waals surface area contributed by atoms with E-state index in [2.05, 4.69) is 50.0 Å². The third-order valence-corrected chi connectivity index (χ3v) is 7.84. The molecular weight excluding hydrogens is 536 g/mol. The first-order valence-corrected chi connectivity index (χ1v) is 13.5. The maximum atomic E-state index is 13.8. The van der Waals surface area contributed by atoms with Gasteiger partial charge in [0.1, 0.15) is 5.82 Å². The fourth-order valence-electron chi connectivity index (χ4n) is 5.31. The van der Waals surface area contributed by atoms with Crippen LogP contribution in [-0.4, -0.2) is 64.8 Å². The average Bonchev–Trinajstić information content (AvgIpc) is 3.25. The Balaban J connectivity index is 1.33. The molecule has 1 aliphatic heterocycles. The number of non-ortho nitro benzene ring substituents is 1. The standard InChI is InChI=1S/C27H31BrN6O3/c1-30-26(24-4-2-3-5-25(24)29-30)33(27(35)20-6-10-23(11-7-20)34(36)37)19-16-31-14-17-32(18-15-31)22-12-8-21(28)9-13-22/h6-13H,2-5,14-19H2,1H3. The number of amides is 1. The molecule has 37 heavy (non-hydrogen) atoms. The Hall–Kier alpha value is -3.24. The number of aryl methyl sites for hydroxylation is 2. The van der Waals surface area contributed by atoms with E-state index in [-0.39, 0.29) is 11.6 Å². The fourth-order valence-corrected chi connectivity index (χ4v) is 5.57. The molecule has 2 heterocycles.